The van der Waals surface area contributed by atoms with Crippen molar-refractivity contribution in [1.82, 2.24) is 19.9 Å². The molecule has 6 heteroatoms. The minimum absolute atomic E-state index is 0.0138. The lowest BCUT2D eigenvalue weighted by atomic mass is 10.1. The number of anilines is 1. The number of unbranched alkanes of at least 4 members (excludes halogenated alkanes) is 1. The largest absolute Gasteiger partial charge is 0.392 e. The van der Waals surface area contributed by atoms with E-state index in [1.165, 1.54) is 11.1 Å². The van der Waals surface area contributed by atoms with E-state index in [0.29, 0.717) is 5.82 Å². The molecule has 0 bridgehead atoms. The molecule has 4 aromatic rings. The highest BCUT2D eigenvalue weighted by molar-refractivity contribution is 6.06. The standard InChI is InChI=1S/C25H31N5O/c1-3-4-5-22-29-23-24(20-11-10-19(16-31)14-21(20)28-25(23)26)30(22)13-12-17-6-8-18(9-7-17)15-27-2/h6-11,14,27,31H,3-5,12-13,15-16H2,1-2H3,(H2,26,28). The number of aromatic nitrogens is 3. The van der Waals surface area contributed by atoms with Crippen molar-refractivity contribution in [3.05, 3.63) is 65.0 Å². The van der Waals surface area contributed by atoms with Gasteiger partial charge in [-0.2, -0.15) is 0 Å². The summed E-state index contributed by atoms with van der Waals surface area (Å²) in [4.78, 5) is 9.49. The van der Waals surface area contributed by atoms with Crippen LogP contribution in [0.1, 0.15) is 42.3 Å². The highest BCUT2D eigenvalue weighted by Crippen LogP contribution is 2.30. The zero-order chi connectivity index (χ0) is 21.8. The molecule has 2 heterocycles. The monoisotopic (exact) mass is 417 g/mol. The Kier molecular flexibility index (Phi) is 6.49. The van der Waals surface area contributed by atoms with Crippen molar-refractivity contribution in [2.75, 3.05) is 12.8 Å². The second-order valence-electron chi connectivity index (χ2n) is 8.08. The van der Waals surface area contributed by atoms with Gasteiger partial charge >= 0.3 is 0 Å². The molecule has 31 heavy (non-hydrogen) atoms. The van der Waals surface area contributed by atoms with Crippen molar-refractivity contribution in [3.8, 4) is 0 Å². The lowest BCUT2D eigenvalue weighted by Crippen LogP contribution is -2.08. The number of nitrogen functional groups attached to an aromatic ring is 1. The Morgan fingerprint density at radius 3 is 2.45 bits per heavy atom. The third kappa shape index (κ3) is 4.40. The molecule has 162 valence electrons. The Bertz CT molecular complexity index is 1180. The predicted molar refractivity (Wildman–Crippen MR) is 127 cm³/mol. The number of aliphatic hydroxyl groups is 1. The molecule has 6 nitrogen and oxygen atoms in total. The minimum Gasteiger partial charge on any atom is -0.392 e. The second kappa shape index (κ2) is 9.45. The van der Waals surface area contributed by atoms with E-state index in [4.69, 9.17) is 10.7 Å². The molecular formula is C25H31N5O. The van der Waals surface area contributed by atoms with E-state index >= 15 is 0 Å². The predicted octanol–water partition coefficient (Wildman–Crippen LogP) is 3.96. The Balaban J connectivity index is 1.76. The quantitative estimate of drug-likeness (QED) is 0.384. The van der Waals surface area contributed by atoms with Gasteiger partial charge in [0.15, 0.2) is 5.82 Å². The SMILES string of the molecule is CCCCc1nc2c(N)nc3cc(CO)ccc3c2n1CCc1ccc(CNC)cc1. The lowest BCUT2D eigenvalue weighted by molar-refractivity contribution is 0.282. The highest BCUT2D eigenvalue weighted by Gasteiger charge is 2.17. The van der Waals surface area contributed by atoms with Crippen LogP contribution >= 0.6 is 0 Å². The van der Waals surface area contributed by atoms with Gasteiger partial charge in [0.05, 0.1) is 17.6 Å². The number of hydrogen-bond donors (Lipinski definition) is 3. The Morgan fingerprint density at radius 2 is 1.74 bits per heavy atom. The number of benzene rings is 2. The van der Waals surface area contributed by atoms with Crippen LogP contribution in [0, 0.1) is 0 Å². The van der Waals surface area contributed by atoms with Crippen molar-refractivity contribution in [1.29, 1.82) is 0 Å². The summed E-state index contributed by atoms with van der Waals surface area (Å²) < 4.78 is 2.32. The number of nitrogens with zero attached hydrogens (tertiary/aromatic N) is 3. The van der Waals surface area contributed by atoms with Crippen LogP contribution in [-0.2, 0) is 32.5 Å². The first-order chi connectivity index (χ1) is 15.1. The summed E-state index contributed by atoms with van der Waals surface area (Å²) in [5.74, 6) is 1.52. The molecule has 0 saturated carbocycles. The van der Waals surface area contributed by atoms with Gasteiger partial charge in [-0.25, -0.2) is 9.97 Å². The van der Waals surface area contributed by atoms with Crippen molar-refractivity contribution in [2.24, 2.45) is 0 Å². The molecule has 0 unspecified atom stereocenters. The molecule has 0 spiro atoms. The van der Waals surface area contributed by atoms with Crippen molar-refractivity contribution in [2.45, 2.75) is 52.3 Å². The van der Waals surface area contributed by atoms with E-state index in [-0.39, 0.29) is 6.61 Å². The number of pyridine rings is 1. The van der Waals surface area contributed by atoms with Gasteiger partial charge in [-0.15, -0.1) is 0 Å². The molecule has 0 amide bonds. The average Bonchev–Trinajstić information content (AvgIpc) is 3.16. The number of imidazole rings is 1. The molecule has 4 N–H and O–H groups in total. The minimum atomic E-state index is -0.0138. The fraction of sp³-hybridized carbons (Fsp3) is 0.360. The van der Waals surface area contributed by atoms with Crippen LogP contribution in [0.25, 0.3) is 21.9 Å². The number of hydrogen-bond acceptors (Lipinski definition) is 5. The smallest absolute Gasteiger partial charge is 0.152 e. The zero-order valence-electron chi connectivity index (χ0n) is 18.4. The first kappa shape index (κ1) is 21.3. The zero-order valence-corrected chi connectivity index (χ0v) is 18.4. The van der Waals surface area contributed by atoms with E-state index in [1.807, 2.05) is 25.2 Å². The van der Waals surface area contributed by atoms with Gasteiger partial charge in [0, 0.05) is 24.9 Å². The molecule has 0 aliphatic rings. The third-order valence-electron chi connectivity index (χ3n) is 5.81. The number of aryl methyl sites for hydroxylation is 3. The van der Waals surface area contributed by atoms with Crippen LogP contribution in [-0.4, -0.2) is 26.7 Å². The molecule has 0 saturated heterocycles. The fourth-order valence-electron chi connectivity index (χ4n) is 4.14. The molecule has 0 aliphatic carbocycles. The average molecular weight is 418 g/mol. The van der Waals surface area contributed by atoms with E-state index in [9.17, 15) is 5.11 Å². The van der Waals surface area contributed by atoms with Crippen molar-refractivity contribution >= 4 is 27.8 Å². The topological polar surface area (TPSA) is 89.0 Å². The maximum Gasteiger partial charge on any atom is 0.152 e. The van der Waals surface area contributed by atoms with Crippen LogP contribution in [0.5, 0.6) is 0 Å². The van der Waals surface area contributed by atoms with Gasteiger partial charge in [-0.05, 0) is 42.6 Å². The Labute approximate surface area is 183 Å². The van der Waals surface area contributed by atoms with E-state index in [2.05, 4.69) is 46.1 Å². The normalized spacial score (nSPS) is 11.6. The van der Waals surface area contributed by atoms with Gasteiger partial charge in [0.25, 0.3) is 0 Å². The van der Waals surface area contributed by atoms with E-state index in [1.54, 1.807) is 0 Å². The Hall–Kier alpha value is -2.96. The number of nitrogens with one attached hydrogen (secondary N) is 1. The van der Waals surface area contributed by atoms with Crippen molar-refractivity contribution in [3.63, 3.8) is 0 Å². The molecule has 2 aromatic heterocycles. The van der Waals surface area contributed by atoms with Crippen LogP contribution in [0.4, 0.5) is 5.82 Å². The molecule has 0 atom stereocenters. The summed E-state index contributed by atoms with van der Waals surface area (Å²) in [5, 5.41) is 13.7. The fourth-order valence-corrected chi connectivity index (χ4v) is 4.14. The second-order valence-corrected chi connectivity index (χ2v) is 8.08. The van der Waals surface area contributed by atoms with Crippen LogP contribution in [0.3, 0.4) is 0 Å². The summed E-state index contributed by atoms with van der Waals surface area (Å²) in [7, 11) is 1.96. The summed E-state index contributed by atoms with van der Waals surface area (Å²) in [6, 6.07) is 14.7. The summed E-state index contributed by atoms with van der Waals surface area (Å²) in [6.45, 7) is 3.89. The van der Waals surface area contributed by atoms with Crippen LogP contribution < -0.4 is 11.1 Å². The molecule has 0 radical (unpaired) electrons. The Morgan fingerprint density at radius 1 is 1.00 bits per heavy atom. The maximum absolute atomic E-state index is 9.52. The van der Waals surface area contributed by atoms with Gasteiger partial charge in [0.1, 0.15) is 11.3 Å². The number of nitrogens with two attached hydrogens (primary N) is 1. The molecule has 2 aromatic carbocycles. The first-order valence-corrected chi connectivity index (χ1v) is 11.0. The highest BCUT2D eigenvalue weighted by atomic mass is 16.3. The van der Waals surface area contributed by atoms with Gasteiger partial charge in [0.2, 0.25) is 0 Å². The van der Waals surface area contributed by atoms with Crippen LogP contribution in [0.2, 0.25) is 0 Å². The lowest BCUT2D eigenvalue weighted by Gasteiger charge is -2.12. The summed E-state index contributed by atoms with van der Waals surface area (Å²) in [6.07, 6.45) is 4.04. The first-order valence-electron chi connectivity index (χ1n) is 11.0. The van der Waals surface area contributed by atoms with Gasteiger partial charge < -0.3 is 20.7 Å². The number of aliphatic hydroxyl groups excluding tert-OH is 1. The number of fused-ring (bicyclic) bond motifs is 3. The van der Waals surface area contributed by atoms with Gasteiger partial charge in [-0.3, -0.25) is 0 Å². The molecule has 0 aliphatic heterocycles. The molecular weight excluding hydrogens is 386 g/mol. The number of rotatable bonds is 9. The van der Waals surface area contributed by atoms with Crippen LogP contribution in [0.15, 0.2) is 42.5 Å². The van der Waals surface area contributed by atoms with Gasteiger partial charge in [-0.1, -0.05) is 49.7 Å². The molecule has 0 fully saturated rings. The van der Waals surface area contributed by atoms with E-state index in [0.717, 1.165) is 72.1 Å². The maximum atomic E-state index is 9.52. The summed E-state index contributed by atoms with van der Waals surface area (Å²) >= 11 is 0. The van der Waals surface area contributed by atoms with E-state index < -0.39 is 0 Å². The summed E-state index contributed by atoms with van der Waals surface area (Å²) in [5.41, 5.74) is 12.4. The third-order valence-corrected chi connectivity index (χ3v) is 5.81. The van der Waals surface area contributed by atoms with Crippen molar-refractivity contribution < 1.29 is 5.11 Å². The molecule has 4 rings (SSSR count).